The smallest absolute Gasteiger partial charge is 0.319 e. The van der Waals surface area contributed by atoms with Gasteiger partial charge in [0.1, 0.15) is 22.6 Å². The molecule has 3 aliphatic heterocycles. The number of piperazine rings is 1. The number of anilines is 1. The minimum absolute atomic E-state index is 0.0120. The highest BCUT2D eigenvalue weighted by molar-refractivity contribution is 6.05. The lowest BCUT2D eigenvalue weighted by Gasteiger charge is -2.34. The van der Waals surface area contributed by atoms with Crippen molar-refractivity contribution in [2.75, 3.05) is 64.6 Å². The highest BCUT2D eigenvalue weighted by Crippen LogP contribution is 2.47. The zero-order chi connectivity index (χ0) is 31.4. The Morgan fingerprint density at radius 3 is 2.61 bits per heavy atom. The number of nitrogens with one attached hydrogen (secondary N) is 1. The summed E-state index contributed by atoms with van der Waals surface area (Å²) >= 11 is 0. The van der Waals surface area contributed by atoms with Gasteiger partial charge in [-0.3, -0.25) is 4.90 Å². The molecule has 4 aromatic rings. The van der Waals surface area contributed by atoms with Crippen LogP contribution in [0.5, 0.6) is 17.5 Å². The van der Waals surface area contributed by atoms with Crippen molar-refractivity contribution in [3.8, 4) is 41.0 Å². The maximum absolute atomic E-state index is 15.0. The van der Waals surface area contributed by atoms with E-state index < -0.39 is 5.82 Å². The Kier molecular flexibility index (Phi) is 7.31. The SMILES string of the molecule is C#Cc1c(F)ccc2cc(O)cc(-c3cnc4c(N5CC6CCC(C5)N6)nc(OCC5(CN6CCOCC6)CC5)nc4c3OC)c12. The number of methoxy groups -OCH3 is 1. The summed E-state index contributed by atoms with van der Waals surface area (Å²) in [4.78, 5) is 19.5. The van der Waals surface area contributed by atoms with Gasteiger partial charge in [-0.2, -0.15) is 9.97 Å². The quantitative estimate of drug-likeness (QED) is 0.279. The van der Waals surface area contributed by atoms with Crippen LogP contribution in [0.25, 0.3) is 32.9 Å². The van der Waals surface area contributed by atoms with Crippen molar-refractivity contribution in [2.24, 2.45) is 5.41 Å². The Hall–Kier alpha value is -4.24. The number of morpholine rings is 1. The number of halogens is 1. The second-order valence-electron chi connectivity index (χ2n) is 13.1. The fourth-order valence-corrected chi connectivity index (χ4v) is 7.42. The molecule has 1 saturated carbocycles. The number of pyridine rings is 1. The van der Waals surface area contributed by atoms with Crippen LogP contribution in [0.1, 0.15) is 31.2 Å². The van der Waals surface area contributed by atoms with Crippen molar-refractivity contribution >= 4 is 27.6 Å². The molecule has 46 heavy (non-hydrogen) atoms. The van der Waals surface area contributed by atoms with Gasteiger partial charge in [0.2, 0.25) is 0 Å². The predicted octanol–water partition coefficient (Wildman–Crippen LogP) is 4.11. The van der Waals surface area contributed by atoms with Crippen LogP contribution in [0.4, 0.5) is 10.2 Å². The third-order valence-corrected chi connectivity index (χ3v) is 9.96. The van der Waals surface area contributed by atoms with Gasteiger partial charge in [-0.1, -0.05) is 12.0 Å². The lowest BCUT2D eigenvalue weighted by molar-refractivity contribution is 0.0231. The zero-order valence-corrected chi connectivity index (χ0v) is 25.9. The normalized spacial score (nSPS) is 22.2. The molecule has 5 heterocycles. The van der Waals surface area contributed by atoms with Crippen LogP contribution in [0.3, 0.4) is 0 Å². The molecule has 2 N–H and O–H groups in total. The van der Waals surface area contributed by atoms with Gasteiger partial charge in [-0.15, -0.1) is 6.42 Å². The Bertz CT molecular complexity index is 1860. The van der Waals surface area contributed by atoms with Gasteiger partial charge in [0.15, 0.2) is 11.6 Å². The minimum atomic E-state index is -0.519. The zero-order valence-electron chi connectivity index (χ0n) is 25.9. The van der Waals surface area contributed by atoms with Gasteiger partial charge < -0.3 is 29.5 Å². The molecule has 0 radical (unpaired) electrons. The number of fused-ring (bicyclic) bond motifs is 4. The van der Waals surface area contributed by atoms with Gasteiger partial charge in [-0.05, 0) is 54.8 Å². The summed E-state index contributed by atoms with van der Waals surface area (Å²) in [6, 6.07) is 7.08. The van der Waals surface area contributed by atoms with E-state index >= 15 is 0 Å². The van der Waals surface area contributed by atoms with E-state index in [9.17, 15) is 9.50 Å². The number of phenols is 1. The highest BCUT2D eigenvalue weighted by atomic mass is 19.1. The Labute approximate surface area is 266 Å². The van der Waals surface area contributed by atoms with Crippen molar-refractivity contribution < 1.29 is 23.7 Å². The third kappa shape index (κ3) is 5.24. The van der Waals surface area contributed by atoms with Gasteiger partial charge in [0, 0.05) is 67.4 Å². The van der Waals surface area contributed by atoms with Crippen molar-refractivity contribution in [2.45, 2.75) is 37.8 Å². The third-order valence-electron chi connectivity index (χ3n) is 9.96. The van der Waals surface area contributed by atoms with Crippen LogP contribution in [-0.4, -0.2) is 96.7 Å². The average molecular weight is 625 g/mol. The van der Waals surface area contributed by atoms with Crippen LogP contribution in [0.15, 0.2) is 30.5 Å². The number of ether oxygens (including phenoxy) is 3. The Balaban J connectivity index is 1.24. The van der Waals surface area contributed by atoms with E-state index in [0.29, 0.717) is 63.2 Å². The molecule has 4 aliphatic rings. The minimum Gasteiger partial charge on any atom is -0.508 e. The number of phenolic OH excluding ortho intramolecular Hbond substituents is 1. The predicted molar refractivity (Wildman–Crippen MR) is 173 cm³/mol. The van der Waals surface area contributed by atoms with Crippen LogP contribution >= 0.6 is 0 Å². The van der Waals surface area contributed by atoms with E-state index in [-0.39, 0.29) is 22.7 Å². The van der Waals surface area contributed by atoms with Gasteiger partial charge in [0.25, 0.3) is 0 Å². The van der Waals surface area contributed by atoms with E-state index in [4.69, 9.17) is 35.6 Å². The molecule has 8 rings (SSSR count). The summed E-state index contributed by atoms with van der Waals surface area (Å²) in [6.07, 6.45) is 11.9. The monoisotopic (exact) mass is 624 g/mol. The van der Waals surface area contributed by atoms with E-state index in [1.165, 1.54) is 6.07 Å². The molecule has 10 nitrogen and oxygen atoms in total. The van der Waals surface area contributed by atoms with Gasteiger partial charge in [0.05, 0.1) is 32.5 Å². The molecule has 0 spiro atoms. The summed E-state index contributed by atoms with van der Waals surface area (Å²) < 4.78 is 33.0. The molecule has 3 saturated heterocycles. The second-order valence-corrected chi connectivity index (χ2v) is 13.1. The van der Waals surface area contributed by atoms with Crippen molar-refractivity contribution in [3.63, 3.8) is 0 Å². The van der Waals surface area contributed by atoms with Crippen LogP contribution in [0, 0.1) is 23.6 Å². The topological polar surface area (TPSA) is 105 Å². The first-order valence-corrected chi connectivity index (χ1v) is 16.0. The number of nitrogens with zero attached hydrogens (tertiary/aromatic N) is 5. The number of rotatable bonds is 8. The molecular formula is C35H37FN6O4. The first-order valence-electron chi connectivity index (χ1n) is 16.0. The number of benzene rings is 2. The Morgan fingerprint density at radius 1 is 1.11 bits per heavy atom. The molecule has 4 fully saturated rings. The fourth-order valence-electron chi connectivity index (χ4n) is 7.42. The Morgan fingerprint density at radius 2 is 1.89 bits per heavy atom. The summed E-state index contributed by atoms with van der Waals surface area (Å²) in [7, 11) is 1.57. The summed E-state index contributed by atoms with van der Waals surface area (Å²) in [5.41, 5.74) is 2.28. The number of hydrogen-bond donors (Lipinski definition) is 2. The molecule has 2 bridgehead atoms. The summed E-state index contributed by atoms with van der Waals surface area (Å²) in [6.45, 7) is 6.48. The van der Waals surface area contributed by atoms with Crippen molar-refractivity contribution in [1.29, 1.82) is 0 Å². The molecule has 238 valence electrons. The van der Waals surface area contributed by atoms with E-state index in [2.05, 4.69) is 21.0 Å². The number of terminal acetylenes is 1. The summed E-state index contributed by atoms with van der Waals surface area (Å²) in [5, 5.41) is 15.5. The van der Waals surface area contributed by atoms with Gasteiger partial charge >= 0.3 is 6.01 Å². The van der Waals surface area contributed by atoms with Crippen LogP contribution < -0.4 is 19.7 Å². The van der Waals surface area contributed by atoms with E-state index in [0.717, 1.165) is 71.6 Å². The molecule has 2 unspecified atom stereocenters. The van der Waals surface area contributed by atoms with Gasteiger partial charge in [-0.25, -0.2) is 9.37 Å². The molecule has 2 atom stereocenters. The molecular weight excluding hydrogens is 587 g/mol. The van der Waals surface area contributed by atoms with Crippen molar-refractivity contribution in [1.82, 2.24) is 25.2 Å². The lowest BCUT2D eigenvalue weighted by atomic mass is 9.94. The molecule has 0 amide bonds. The first-order chi connectivity index (χ1) is 22.4. The second kappa shape index (κ2) is 11.5. The summed E-state index contributed by atoms with van der Waals surface area (Å²) in [5.74, 6) is 3.12. The molecule has 2 aromatic heterocycles. The molecule has 11 heteroatoms. The maximum Gasteiger partial charge on any atom is 0.319 e. The number of aromatic hydroxyl groups is 1. The molecule has 2 aromatic carbocycles. The van der Waals surface area contributed by atoms with Crippen LogP contribution in [-0.2, 0) is 4.74 Å². The largest absolute Gasteiger partial charge is 0.508 e. The van der Waals surface area contributed by atoms with Crippen LogP contribution in [0.2, 0.25) is 0 Å². The van der Waals surface area contributed by atoms with E-state index in [1.54, 1.807) is 31.5 Å². The van der Waals surface area contributed by atoms with Crippen molar-refractivity contribution in [3.05, 3.63) is 41.8 Å². The maximum atomic E-state index is 15.0. The lowest BCUT2D eigenvalue weighted by Crippen LogP contribution is -2.51. The highest BCUT2D eigenvalue weighted by Gasteiger charge is 2.45. The average Bonchev–Trinajstić information content (AvgIpc) is 3.76. The molecule has 1 aliphatic carbocycles. The first kappa shape index (κ1) is 29.2. The number of hydrogen-bond acceptors (Lipinski definition) is 10. The van der Waals surface area contributed by atoms with E-state index in [1.807, 2.05) is 0 Å². The number of aromatic nitrogens is 3. The standard InChI is InChI=1S/C35H37FN6O4/c1-3-25-28(36)7-4-21-14-24(43)15-26(29(21)25)27-16-37-31-30(32(27)44-2)39-34(40-33(31)42-17-22-5-6-23(18-42)38-22)46-20-35(8-9-35)19-41-10-12-45-13-11-41/h1,4,7,14-16,22-23,38,43H,5-6,8-13,17-20H2,2H3. The fraction of sp³-hybridized carbons (Fsp3) is 0.457.